The number of methoxy groups -OCH3 is 1. The van der Waals surface area contributed by atoms with Gasteiger partial charge in [0, 0.05) is 10.8 Å². The molecule has 0 aliphatic rings. The minimum atomic E-state index is -0.564. The first-order valence-electron chi connectivity index (χ1n) is 4.78. The SMILES string of the molecule is COC(=O)CC(=O)c1occ2ccccc12. The number of hydrogen-bond acceptors (Lipinski definition) is 4. The topological polar surface area (TPSA) is 56.5 Å². The minimum absolute atomic E-state index is 0.209. The Kier molecular flexibility index (Phi) is 2.72. The number of furan rings is 1. The van der Waals surface area contributed by atoms with Crippen molar-refractivity contribution in [3.8, 4) is 0 Å². The van der Waals surface area contributed by atoms with Gasteiger partial charge < -0.3 is 9.15 Å². The fourth-order valence-corrected chi connectivity index (χ4v) is 1.49. The molecular formula is C12H10O4. The van der Waals surface area contributed by atoms with Crippen molar-refractivity contribution in [2.45, 2.75) is 6.42 Å². The second kappa shape index (κ2) is 4.18. The van der Waals surface area contributed by atoms with E-state index in [1.807, 2.05) is 18.2 Å². The van der Waals surface area contributed by atoms with Crippen molar-refractivity contribution in [3.63, 3.8) is 0 Å². The Morgan fingerprint density at radius 3 is 2.81 bits per heavy atom. The Bertz CT molecular complexity index is 539. The molecule has 0 amide bonds. The van der Waals surface area contributed by atoms with Crippen LogP contribution in [0.2, 0.25) is 0 Å². The number of fused-ring (bicyclic) bond motifs is 1. The van der Waals surface area contributed by atoms with E-state index in [0.717, 1.165) is 10.8 Å². The zero-order chi connectivity index (χ0) is 11.5. The first-order chi connectivity index (χ1) is 7.72. The van der Waals surface area contributed by atoms with Crippen LogP contribution in [0.4, 0.5) is 0 Å². The molecule has 82 valence electrons. The van der Waals surface area contributed by atoms with Crippen LogP contribution < -0.4 is 0 Å². The second-order valence-electron chi connectivity index (χ2n) is 3.33. The molecule has 1 aromatic heterocycles. The Hall–Kier alpha value is -2.10. The van der Waals surface area contributed by atoms with Crippen molar-refractivity contribution < 1.29 is 18.7 Å². The Labute approximate surface area is 91.8 Å². The van der Waals surface area contributed by atoms with E-state index in [0.29, 0.717) is 0 Å². The largest absolute Gasteiger partial charge is 0.469 e. The lowest BCUT2D eigenvalue weighted by Gasteiger charge is -1.96. The number of esters is 1. The molecule has 0 unspecified atom stereocenters. The molecule has 0 saturated heterocycles. The molecular weight excluding hydrogens is 208 g/mol. The predicted molar refractivity (Wildman–Crippen MR) is 57.2 cm³/mol. The molecule has 2 rings (SSSR count). The van der Waals surface area contributed by atoms with Crippen LogP contribution in [0.3, 0.4) is 0 Å². The first-order valence-corrected chi connectivity index (χ1v) is 4.78. The number of ether oxygens (including phenoxy) is 1. The molecule has 0 aliphatic heterocycles. The van der Waals surface area contributed by atoms with Gasteiger partial charge in [-0.2, -0.15) is 0 Å². The van der Waals surface area contributed by atoms with E-state index in [-0.39, 0.29) is 18.0 Å². The summed E-state index contributed by atoms with van der Waals surface area (Å²) in [5, 5.41) is 1.56. The summed E-state index contributed by atoms with van der Waals surface area (Å²) >= 11 is 0. The van der Waals surface area contributed by atoms with Gasteiger partial charge in [0.1, 0.15) is 6.42 Å². The van der Waals surface area contributed by atoms with Crippen molar-refractivity contribution in [1.82, 2.24) is 0 Å². The highest BCUT2D eigenvalue weighted by Gasteiger charge is 2.17. The number of hydrogen-bond donors (Lipinski definition) is 0. The zero-order valence-electron chi connectivity index (χ0n) is 8.73. The zero-order valence-corrected chi connectivity index (χ0v) is 8.73. The quantitative estimate of drug-likeness (QED) is 0.450. The van der Waals surface area contributed by atoms with Gasteiger partial charge in [0.05, 0.1) is 13.4 Å². The summed E-state index contributed by atoms with van der Waals surface area (Å²) in [4.78, 5) is 22.7. The van der Waals surface area contributed by atoms with Crippen molar-refractivity contribution in [2.75, 3.05) is 7.11 Å². The fraction of sp³-hybridized carbons (Fsp3) is 0.167. The second-order valence-corrected chi connectivity index (χ2v) is 3.33. The van der Waals surface area contributed by atoms with Crippen LogP contribution in [0.25, 0.3) is 10.8 Å². The van der Waals surface area contributed by atoms with Crippen LogP contribution >= 0.6 is 0 Å². The van der Waals surface area contributed by atoms with Crippen molar-refractivity contribution in [1.29, 1.82) is 0 Å². The number of rotatable bonds is 3. The summed E-state index contributed by atoms with van der Waals surface area (Å²) in [5.41, 5.74) is 0. The Balaban J connectivity index is 2.33. The molecule has 2 aromatic rings. The monoisotopic (exact) mass is 218 g/mol. The highest BCUT2D eigenvalue weighted by molar-refractivity contribution is 6.11. The van der Waals surface area contributed by atoms with Gasteiger partial charge in [-0.15, -0.1) is 0 Å². The molecule has 0 bridgehead atoms. The van der Waals surface area contributed by atoms with E-state index in [1.54, 1.807) is 6.07 Å². The van der Waals surface area contributed by atoms with E-state index in [1.165, 1.54) is 13.4 Å². The van der Waals surface area contributed by atoms with E-state index < -0.39 is 5.97 Å². The third kappa shape index (κ3) is 1.82. The number of Topliss-reactive ketones (excluding diaryl/α,β-unsaturated/α-hetero) is 1. The summed E-state index contributed by atoms with van der Waals surface area (Å²) in [7, 11) is 1.25. The summed E-state index contributed by atoms with van der Waals surface area (Å²) in [6.07, 6.45) is 1.20. The molecule has 0 radical (unpaired) electrons. The van der Waals surface area contributed by atoms with Crippen LogP contribution in [0, 0.1) is 0 Å². The van der Waals surface area contributed by atoms with Crippen molar-refractivity contribution in [3.05, 3.63) is 36.3 Å². The van der Waals surface area contributed by atoms with Crippen LogP contribution in [0.1, 0.15) is 17.0 Å². The van der Waals surface area contributed by atoms with E-state index in [2.05, 4.69) is 4.74 Å². The highest BCUT2D eigenvalue weighted by atomic mass is 16.5. The summed E-state index contributed by atoms with van der Waals surface area (Å²) in [6.45, 7) is 0. The molecule has 4 nitrogen and oxygen atoms in total. The lowest BCUT2D eigenvalue weighted by molar-refractivity contribution is -0.139. The summed E-state index contributed by atoms with van der Waals surface area (Å²) < 4.78 is 9.59. The van der Waals surface area contributed by atoms with Gasteiger partial charge in [-0.05, 0) is 0 Å². The highest BCUT2D eigenvalue weighted by Crippen LogP contribution is 2.21. The molecule has 4 heteroatoms. The molecule has 0 fully saturated rings. The standard InChI is InChI=1S/C12H10O4/c1-15-11(14)6-10(13)12-9-5-3-2-4-8(9)7-16-12/h2-5,7H,6H2,1H3. The number of ketones is 1. The number of carbonyl (C=O) groups excluding carboxylic acids is 2. The maximum atomic E-state index is 11.7. The maximum absolute atomic E-state index is 11.7. The van der Waals surface area contributed by atoms with Gasteiger partial charge in [-0.3, -0.25) is 9.59 Å². The Morgan fingerprint density at radius 1 is 1.31 bits per heavy atom. The lowest BCUT2D eigenvalue weighted by Crippen LogP contribution is -2.08. The number of carbonyl (C=O) groups is 2. The first kappa shape index (κ1) is 10.4. The van der Waals surface area contributed by atoms with Gasteiger partial charge in [0.2, 0.25) is 5.78 Å². The van der Waals surface area contributed by atoms with Crippen LogP contribution in [0.5, 0.6) is 0 Å². The van der Waals surface area contributed by atoms with Gasteiger partial charge in [0.25, 0.3) is 0 Å². The van der Waals surface area contributed by atoms with Gasteiger partial charge in [0.15, 0.2) is 5.76 Å². The van der Waals surface area contributed by atoms with Crippen LogP contribution in [0.15, 0.2) is 34.9 Å². The molecule has 1 heterocycles. The van der Waals surface area contributed by atoms with Crippen molar-refractivity contribution >= 4 is 22.5 Å². The van der Waals surface area contributed by atoms with Gasteiger partial charge in [-0.25, -0.2) is 0 Å². The third-order valence-electron chi connectivity index (χ3n) is 2.29. The normalized spacial score (nSPS) is 10.3. The van der Waals surface area contributed by atoms with Gasteiger partial charge >= 0.3 is 5.97 Å². The van der Waals surface area contributed by atoms with E-state index in [9.17, 15) is 9.59 Å². The van der Waals surface area contributed by atoms with Crippen molar-refractivity contribution in [2.24, 2.45) is 0 Å². The predicted octanol–water partition coefficient (Wildman–Crippen LogP) is 2.18. The summed E-state index contributed by atoms with van der Waals surface area (Å²) in [5.74, 6) is -0.723. The average molecular weight is 218 g/mol. The molecule has 0 spiro atoms. The van der Waals surface area contributed by atoms with Gasteiger partial charge in [-0.1, -0.05) is 24.3 Å². The smallest absolute Gasteiger partial charge is 0.313 e. The summed E-state index contributed by atoms with van der Waals surface area (Å²) in [6, 6.07) is 7.29. The van der Waals surface area contributed by atoms with E-state index in [4.69, 9.17) is 4.42 Å². The average Bonchev–Trinajstić information content (AvgIpc) is 2.72. The third-order valence-corrected chi connectivity index (χ3v) is 2.29. The fourth-order valence-electron chi connectivity index (χ4n) is 1.49. The molecule has 0 saturated carbocycles. The molecule has 1 aromatic carbocycles. The Morgan fingerprint density at radius 2 is 2.06 bits per heavy atom. The number of benzene rings is 1. The molecule has 16 heavy (non-hydrogen) atoms. The molecule has 0 N–H and O–H groups in total. The van der Waals surface area contributed by atoms with Crippen LogP contribution in [-0.4, -0.2) is 18.9 Å². The minimum Gasteiger partial charge on any atom is -0.469 e. The molecule has 0 atom stereocenters. The molecule has 0 aliphatic carbocycles. The maximum Gasteiger partial charge on any atom is 0.313 e. The van der Waals surface area contributed by atoms with E-state index >= 15 is 0 Å². The van der Waals surface area contributed by atoms with Crippen LogP contribution in [-0.2, 0) is 9.53 Å². The lowest BCUT2D eigenvalue weighted by atomic mass is 10.1.